The average Bonchev–Trinajstić information content (AvgIpc) is 2.85. The summed E-state index contributed by atoms with van der Waals surface area (Å²) in [6.45, 7) is 4.64. The van der Waals surface area contributed by atoms with Gasteiger partial charge in [-0.2, -0.15) is 0 Å². The van der Waals surface area contributed by atoms with Gasteiger partial charge in [0.25, 0.3) is 11.5 Å². The zero-order valence-corrected chi connectivity index (χ0v) is 21.3. The van der Waals surface area contributed by atoms with Gasteiger partial charge in [0.15, 0.2) is 5.16 Å². The van der Waals surface area contributed by atoms with E-state index in [1.165, 1.54) is 11.8 Å². The molecular formula is C27H26ClN3O3S. The fourth-order valence-electron chi connectivity index (χ4n) is 3.55. The van der Waals surface area contributed by atoms with Crippen molar-refractivity contribution in [2.75, 3.05) is 13.7 Å². The van der Waals surface area contributed by atoms with Crippen molar-refractivity contribution in [2.24, 2.45) is 5.92 Å². The second-order valence-corrected chi connectivity index (χ2v) is 9.87. The lowest BCUT2D eigenvalue weighted by Crippen LogP contribution is -2.27. The minimum atomic E-state index is -0.217. The van der Waals surface area contributed by atoms with Gasteiger partial charge in [-0.1, -0.05) is 55.4 Å². The largest absolute Gasteiger partial charge is 0.497 e. The molecule has 0 saturated carbocycles. The number of thioether (sulfide) groups is 1. The topological polar surface area (TPSA) is 73.2 Å². The SMILES string of the molecule is COc1cccc(-n2c(SCc3cccc(Cl)c3)nc3cc(C(=O)NCC(C)C)ccc3c2=O)c1. The van der Waals surface area contributed by atoms with Gasteiger partial charge in [0.2, 0.25) is 0 Å². The molecule has 3 aromatic carbocycles. The van der Waals surface area contributed by atoms with E-state index in [1.54, 1.807) is 35.9 Å². The second-order valence-electron chi connectivity index (χ2n) is 8.49. The van der Waals surface area contributed by atoms with Crippen LogP contribution in [0.4, 0.5) is 0 Å². The van der Waals surface area contributed by atoms with Crippen molar-refractivity contribution in [1.82, 2.24) is 14.9 Å². The van der Waals surface area contributed by atoms with Crippen molar-refractivity contribution >= 4 is 40.2 Å². The van der Waals surface area contributed by atoms with E-state index in [1.807, 2.05) is 56.3 Å². The number of halogens is 1. The van der Waals surface area contributed by atoms with Gasteiger partial charge in [0.05, 0.1) is 23.7 Å². The molecule has 1 heterocycles. The van der Waals surface area contributed by atoms with Crippen LogP contribution in [0.1, 0.15) is 29.8 Å². The van der Waals surface area contributed by atoms with Gasteiger partial charge in [-0.25, -0.2) is 4.98 Å². The highest BCUT2D eigenvalue weighted by Gasteiger charge is 2.16. The van der Waals surface area contributed by atoms with Gasteiger partial charge in [0.1, 0.15) is 5.75 Å². The molecule has 1 amide bonds. The van der Waals surface area contributed by atoms with E-state index < -0.39 is 0 Å². The Balaban J connectivity index is 1.81. The molecule has 0 aliphatic rings. The quantitative estimate of drug-likeness (QED) is 0.244. The van der Waals surface area contributed by atoms with Crippen LogP contribution in [0.15, 0.2) is 76.7 Å². The van der Waals surface area contributed by atoms with Crippen molar-refractivity contribution in [2.45, 2.75) is 24.8 Å². The minimum Gasteiger partial charge on any atom is -0.497 e. The maximum absolute atomic E-state index is 13.7. The molecule has 0 unspecified atom stereocenters. The molecule has 0 aliphatic carbocycles. The Labute approximate surface area is 213 Å². The molecule has 0 aliphatic heterocycles. The second kappa shape index (κ2) is 11.0. The molecule has 1 N–H and O–H groups in total. The van der Waals surface area contributed by atoms with Crippen molar-refractivity contribution in [3.8, 4) is 11.4 Å². The van der Waals surface area contributed by atoms with E-state index in [4.69, 9.17) is 21.3 Å². The summed E-state index contributed by atoms with van der Waals surface area (Å²) in [5.41, 5.74) is 2.38. The van der Waals surface area contributed by atoms with Crippen molar-refractivity contribution in [1.29, 1.82) is 0 Å². The van der Waals surface area contributed by atoms with E-state index >= 15 is 0 Å². The number of methoxy groups -OCH3 is 1. The highest BCUT2D eigenvalue weighted by atomic mass is 35.5. The molecule has 4 rings (SSSR count). The van der Waals surface area contributed by atoms with Crippen LogP contribution in [0.3, 0.4) is 0 Å². The van der Waals surface area contributed by atoms with Crippen molar-refractivity contribution in [3.63, 3.8) is 0 Å². The van der Waals surface area contributed by atoms with Crippen LogP contribution in [-0.2, 0) is 5.75 Å². The minimum absolute atomic E-state index is 0.187. The predicted octanol–water partition coefficient (Wildman–Crippen LogP) is 5.73. The normalized spacial score (nSPS) is 11.1. The predicted molar refractivity (Wildman–Crippen MR) is 142 cm³/mol. The molecule has 0 bridgehead atoms. The van der Waals surface area contributed by atoms with Crippen LogP contribution in [-0.4, -0.2) is 29.1 Å². The Morgan fingerprint density at radius 3 is 2.66 bits per heavy atom. The lowest BCUT2D eigenvalue weighted by molar-refractivity contribution is 0.0949. The van der Waals surface area contributed by atoms with Crippen LogP contribution in [0.25, 0.3) is 16.6 Å². The van der Waals surface area contributed by atoms with E-state index in [9.17, 15) is 9.59 Å². The smallest absolute Gasteiger partial charge is 0.266 e. The fraction of sp³-hybridized carbons (Fsp3) is 0.222. The molecule has 4 aromatic rings. The first-order chi connectivity index (χ1) is 16.9. The number of hydrogen-bond donors (Lipinski definition) is 1. The zero-order chi connectivity index (χ0) is 24.9. The summed E-state index contributed by atoms with van der Waals surface area (Å²) in [5, 5.41) is 4.50. The van der Waals surface area contributed by atoms with E-state index in [0.717, 1.165) is 5.56 Å². The Hall–Kier alpha value is -3.29. The van der Waals surface area contributed by atoms with Gasteiger partial charge < -0.3 is 10.1 Å². The van der Waals surface area contributed by atoms with E-state index in [2.05, 4.69) is 5.32 Å². The van der Waals surface area contributed by atoms with Gasteiger partial charge >= 0.3 is 0 Å². The zero-order valence-electron chi connectivity index (χ0n) is 19.7. The number of ether oxygens (including phenoxy) is 1. The number of benzene rings is 3. The molecule has 180 valence electrons. The number of fused-ring (bicyclic) bond motifs is 1. The highest BCUT2D eigenvalue weighted by Crippen LogP contribution is 2.27. The Kier molecular flexibility index (Phi) is 7.78. The number of rotatable bonds is 8. The Bertz CT molecular complexity index is 1440. The summed E-state index contributed by atoms with van der Waals surface area (Å²) in [6.07, 6.45) is 0. The van der Waals surface area contributed by atoms with E-state index in [-0.39, 0.29) is 11.5 Å². The lowest BCUT2D eigenvalue weighted by Gasteiger charge is -2.15. The number of nitrogens with zero attached hydrogens (tertiary/aromatic N) is 2. The number of carbonyl (C=O) groups excluding carboxylic acids is 1. The summed E-state index contributed by atoms with van der Waals surface area (Å²) >= 11 is 7.58. The first-order valence-corrected chi connectivity index (χ1v) is 12.6. The summed E-state index contributed by atoms with van der Waals surface area (Å²) in [4.78, 5) is 31.1. The van der Waals surface area contributed by atoms with Gasteiger partial charge in [0, 0.05) is 29.0 Å². The fourth-order valence-corrected chi connectivity index (χ4v) is 4.72. The Morgan fingerprint density at radius 2 is 1.91 bits per heavy atom. The van der Waals surface area contributed by atoms with Gasteiger partial charge in [-0.3, -0.25) is 14.2 Å². The van der Waals surface area contributed by atoms with Crippen LogP contribution < -0.4 is 15.6 Å². The molecule has 35 heavy (non-hydrogen) atoms. The molecule has 6 nitrogen and oxygen atoms in total. The van der Waals surface area contributed by atoms with E-state index in [0.29, 0.717) is 56.3 Å². The highest BCUT2D eigenvalue weighted by molar-refractivity contribution is 7.98. The summed E-state index contributed by atoms with van der Waals surface area (Å²) in [7, 11) is 1.58. The Morgan fingerprint density at radius 1 is 1.11 bits per heavy atom. The number of hydrogen-bond acceptors (Lipinski definition) is 5. The number of amides is 1. The molecule has 0 fully saturated rings. The monoisotopic (exact) mass is 507 g/mol. The van der Waals surface area contributed by atoms with Crippen molar-refractivity contribution in [3.05, 3.63) is 93.2 Å². The van der Waals surface area contributed by atoms with Crippen LogP contribution in [0.5, 0.6) is 5.75 Å². The summed E-state index contributed by atoms with van der Waals surface area (Å²) in [5.74, 6) is 1.35. The molecule has 1 aromatic heterocycles. The summed E-state index contributed by atoms with van der Waals surface area (Å²) in [6, 6.07) is 19.9. The molecule has 0 radical (unpaired) electrons. The number of nitrogens with one attached hydrogen (secondary N) is 1. The van der Waals surface area contributed by atoms with Crippen LogP contribution in [0.2, 0.25) is 5.02 Å². The third kappa shape index (κ3) is 5.86. The first-order valence-electron chi connectivity index (χ1n) is 11.2. The van der Waals surface area contributed by atoms with Gasteiger partial charge in [-0.05, 0) is 53.9 Å². The third-order valence-electron chi connectivity index (χ3n) is 5.34. The molecule has 0 saturated heterocycles. The van der Waals surface area contributed by atoms with Crippen molar-refractivity contribution < 1.29 is 9.53 Å². The van der Waals surface area contributed by atoms with Gasteiger partial charge in [-0.15, -0.1) is 0 Å². The third-order valence-corrected chi connectivity index (χ3v) is 6.58. The molecule has 0 atom stereocenters. The van der Waals surface area contributed by atoms with Crippen LogP contribution in [0, 0.1) is 5.92 Å². The summed E-state index contributed by atoms with van der Waals surface area (Å²) < 4.78 is 6.95. The average molecular weight is 508 g/mol. The maximum Gasteiger partial charge on any atom is 0.266 e. The maximum atomic E-state index is 13.7. The molecule has 0 spiro atoms. The van der Waals surface area contributed by atoms with Crippen LogP contribution >= 0.6 is 23.4 Å². The lowest BCUT2D eigenvalue weighted by atomic mass is 10.1. The standard InChI is InChI=1S/C27H26ClN3O3S/c1-17(2)15-29-25(32)19-10-11-23-24(13-19)30-27(35-16-18-6-4-7-20(28)12-18)31(26(23)33)21-8-5-9-22(14-21)34-3/h4-14,17H,15-16H2,1-3H3,(H,29,32). The molecule has 8 heteroatoms. The number of carbonyl (C=O) groups is 1. The molecular weight excluding hydrogens is 482 g/mol. The number of aromatic nitrogens is 2. The first kappa shape index (κ1) is 24.8.